The Hall–Kier alpha value is -2.97. The lowest BCUT2D eigenvalue weighted by molar-refractivity contribution is -0.179. The second kappa shape index (κ2) is 11.6. The van der Waals surface area contributed by atoms with Gasteiger partial charge in [-0.05, 0) is 61.7 Å². The zero-order valence-electron chi connectivity index (χ0n) is 19.8. The van der Waals surface area contributed by atoms with E-state index < -0.39 is 41.8 Å². The summed E-state index contributed by atoms with van der Waals surface area (Å²) in [6, 6.07) is 10.3. The Bertz CT molecular complexity index is 1010. The van der Waals surface area contributed by atoms with Crippen molar-refractivity contribution in [2.75, 3.05) is 6.79 Å². The molecule has 2 atom stereocenters. The molecule has 2 unspecified atom stereocenters. The van der Waals surface area contributed by atoms with Crippen LogP contribution in [0.2, 0.25) is 0 Å². The normalized spacial score (nSPS) is 18.6. The largest absolute Gasteiger partial charge is 0.460 e. The van der Waals surface area contributed by atoms with E-state index in [-0.39, 0.29) is 30.8 Å². The third-order valence-electron chi connectivity index (χ3n) is 5.18. The monoisotopic (exact) mass is 492 g/mol. The summed E-state index contributed by atoms with van der Waals surface area (Å²) in [5, 5.41) is 0. The van der Waals surface area contributed by atoms with Gasteiger partial charge in [0.1, 0.15) is 24.0 Å². The number of hydrogen-bond donors (Lipinski definition) is 0. The maximum atomic E-state index is 14.3. The van der Waals surface area contributed by atoms with E-state index >= 15 is 0 Å². The average molecular weight is 493 g/mol. The van der Waals surface area contributed by atoms with E-state index in [0.29, 0.717) is 11.1 Å². The van der Waals surface area contributed by atoms with Crippen LogP contribution in [0, 0.1) is 11.6 Å². The lowest BCUT2D eigenvalue weighted by Crippen LogP contribution is -2.34. The number of alkyl halides is 2. The second-order valence-electron chi connectivity index (χ2n) is 9.14. The highest BCUT2D eigenvalue weighted by Gasteiger charge is 2.27. The minimum absolute atomic E-state index is 0.0128. The van der Waals surface area contributed by atoms with Gasteiger partial charge in [0.05, 0.1) is 18.6 Å². The van der Waals surface area contributed by atoms with Gasteiger partial charge in [0.2, 0.25) is 0 Å². The van der Waals surface area contributed by atoms with Crippen LogP contribution in [0.4, 0.5) is 17.6 Å². The molecule has 0 spiro atoms. The van der Waals surface area contributed by atoms with Gasteiger partial charge in [-0.1, -0.05) is 36.4 Å². The molecular weight excluding hydrogens is 464 g/mol. The molecule has 0 amide bonds. The highest BCUT2D eigenvalue weighted by atomic mass is 19.3. The number of esters is 1. The molecule has 1 heterocycles. The lowest BCUT2D eigenvalue weighted by Gasteiger charge is -2.29. The van der Waals surface area contributed by atoms with E-state index in [2.05, 4.69) is 0 Å². The molecule has 0 aliphatic carbocycles. The average Bonchev–Trinajstić information content (AvgIpc) is 2.77. The first-order chi connectivity index (χ1) is 16.5. The number of carbonyl (C=O) groups is 1. The van der Waals surface area contributed by atoms with Crippen LogP contribution >= 0.6 is 0 Å². The molecule has 8 heteroatoms. The van der Waals surface area contributed by atoms with Gasteiger partial charge in [-0.3, -0.25) is 4.79 Å². The molecule has 35 heavy (non-hydrogen) atoms. The summed E-state index contributed by atoms with van der Waals surface area (Å²) in [6.45, 7) is 5.19. The number of carbonyl (C=O) groups excluding carboxylic acids is 1. The minimum atomic E-state index is -2.88. The molecule has 0 radical (unpaired) electrons. The van der Waals surface area contributed by atoms with Crippen molar-refractivity contribution >= 4 is 11.5 Å². The zero-order chi connectivity index (χ0) is 25.6. The molecule has 0 saturated carbocycles. The van der Waals surface area contributed by atoms with Crippen LogP contribution in [-0.4, -0.2) is 37.0 Å². The Morgan fingerprint density at radius 1 is 1.00 bits per heavy atom. The Morgan fingerprint density at radius 2 is 1.54 bits per heavy atom. The highest BCUT2D eigenvalue weighted by molar-refractivity contribution is 5.84. The molecule has 1 aliphatic rings. The minimum Gasteiger partial charge on any atom is -0.460 e. The van der Waals surface area contributed by atoms with E-state index in [4.69, 9.17) is 14.2 Å². The zero-order valence-corrected chi connectivity index (χ0v) is 19.8. The first kappa shape index (κ1) is 26.6. The summed E-state index contributed by atoms with van der Waals surface area (Å²) in [6.07, 6.45) is -0.915. The van der Waals surface area contributed by atoms with Crippen molar-refractivity contribution in [3.8, 4) is 0 Å². The van der Waals surface area contributed by atoms with E-state index in [1.54, 1.807) is 20.8 Å². The fraction of sp³-hybridized carbons (Fsp3) is 0.370. The summed E-state index contributed by atoms with van der Waals surface area (Å²) in [7, 11) is 0. The summed E-state index contributed by atoms with van der Waals surface area (Å²) < 4.78 is 71.8. The Morgan fingerprint density at radius 3 is 2.03 bits per heavy atom. The predicted molar refractivity (Wildman–Crippen MR) is 124 cm³/mol. The van der Waals surface area contributed by atoms with Gasteiger partial charge in [0.15, 0.2) is 0 Å². The van der Waals surface area contributed by atoms with Crippen LogP contribution in [-0.2, 0) is 19.0 Å². The Kier molecular flexibility index (Phi) is 8.86. The van der Waals surface area contributed by atoms with Gasteiger partial charge in [-0.15, -0.1) is 0 Å². The van der Waals surface area contributed by atoms with Crippen LogP contribution in [0.25, 0.3) is 5.57 Å². The molecular formula is C27H28F4O4. The summed E-state index contributed by atoms with van der Waals surface area (Å²) in [5.74, 6) is -1.43. The Balaban J connectivity index is 1.88. The SMILES string of the molecule is CC(C)(C)OC(=O)CC1CC(/C=C/C(=C(c2ccc(F)cc2)c2ccc(F)cc2)C(F)F)OCO1. The van der Waals surface area contributed by atoms with Gasteiger partial charge < -0.3 is 14.2 Å². The van der Waals surface area contributed by atoms with Gasteiger partial charge in [-0.25, -0.2) is 17.6 Å². The maximum Gasteiger partial charge on any atom is 0.308 e. The number of ether oxygens (including phenoxy) is 3. The Labute approximate surface area is 202 Å². The first-order valence-electron chi connectivity index (χ1n) is 11.2. The molecule has 3 rings (SSSR count). The summed E-state index contributed by atoms with van der Waals surface area (Å²) in [4.78, 5) is 12.1. The third kappa shape index (κ3) is 8.04. The fourth-order valence-corrected chi connectivity index (χ4v) is 3.67. The molecule has 1 fully saturated rings. The van der Waals surface area contributed by atoms with E-state index in [1.807, 2.05) is 0 Å². The molecule has 2 aromatic carbocycles. The molecule has 2 aromatic rings. The van der Waals surface area contributed by atoms with Crippen LogP contribution in [0.15, 0.2) is 66.3 Å². The quantitative estimate of drug-likeness (QED) is 0.253. The van der Waals surface area contributed by atoms with Crippen molar-refractivity contribution in [2.24, 2.45) is 0 Å². The van der Waals surface area contributed by atoms with Gasteiger partial charge in [-0.2, -0.15) is 0 Å². The fourth-order valence-electron chi connectivity index (χ4n) is 3.67. The van der Waals surface area contributed by atoms with Gasteiger partial charge in [0.25, 0.3) is 6.43 Å². The second-order valence-corrected chi connectivity index (χ2v) is 9.14. The number of benzene rings is 2. The number of allylic oxidation sites excluding steroid dienone is 2. The summed E-state index contributed by atoms with van der Waals surface area (Å²) >= 11 is 0. The van der Waals surface area contributed by atoms with Gasteiger partial charge >= 0.3 is 5.97 Å². The van der Waals surface area contributed by atoms with Crippen LogP contribution in [0.3, 0.4) is 0 Å². The molecule has 0 N–H and O–H groups in total. The smallest absolute Gasteiger partial charge is 0.308 e. The first-order valence-corrected chi connectivity index (χ1v) is 11.2. The molecule has 0 aromatic heterocycles. The number of rotatable bonds is 7. The highest BCUT2D eigenvalue weighted by Crippen LogP contribution is 2.32. The molecule has 188 valence electrons. The predicted octanol–water partition coefficient (Wildman–Crippen LogP) is 6.45. The van der Waals surface area contributed by atoms with E-state index in [1.165, 1.54) is 60.7 Å². The van der Waals surface area contributed by atoms with Crippen molar-refractivity contribution in [3.05, 3.63) is 89.0 Å². The van der Waals surface area contributed by atoms with Crippen molar-refractivity contribution in [3.63, 3.8) is 0 Å². The van der Waals surface area contributed by atoms with Crippen molar-refractivity contribution in [1.29, 1.82) is 0 Å². The van der Waals surface area contributed by atoms with Gasteiger partial charge in [0, 0.05) is 12.0 Å². The topological polar surface area (TPSA) is 44.8 Å². The summed E-state index contributed by atoms with van der Waals surface area (Å²) in [5.41, 5.74) is -0.103. The molecule has 1 saturated heterocycles. The van der Waals surface area contributed by atoms with Crippen molar-refractivity contribution in [2.45, 2.75) is 57.8 Å². The van der Waals surface area contributed by atoms with Crippen LogP contribution in [0.5, 0.6) is 0 Å². The van der Waals surface area contributed by atoms with E-state index in [0.717, 1.165) is 0 Å². The van der Waals surface area contributed by atoms with Crippen molar-refractivity contribution in [1.82, 2.24) is 0 Å². The number of halogens is 4. The molecule has 0 bridgehead atoms. The third-order valence-corrected chi connectivity index (χ3v) is 5.18. The van der Waals surface area contributed by atoms with E-state index in [9.17, 15) is 22.4 Å². The lowest BCUT2D eigenvalue weighted by atomic mass is 9.92. The van der Waals surface area contributed by atoms with Crippen LogP contribution in [0.1, 0.15) is 44.7 Å². The standard InChI is InChI=1S/C27H28F4O4/c1-27(2,3)35-24(32)15-22-14-21(33-16-34-22)12-13-23(26(30)31)25(17-4-8-19(28)9-5-17)18-6-10-20(29)11-7-18/h4-13,21-22,26H,14-16H2,1-3H3/b13-12+. The molecule has 1 aliphatic heterocycles. The van der Waals surface area contributed by atoms with Crippen LogP contribution < -0.4 is 0 Å². The number of hydrogen-bond acceptors (Lipinski definition) is 4. The molecule has 4 nitrogen and oxygen atoms in total. The maximum absolute atomic E-state index is 14.3. The van der Waals surface area contributed by atoms with Crippen molar-refractivity contribution < 1.29 is 36.6 Å².